The van der Waals surface area contributed by atoms with Gasteiger partial charge in [0.1, 0.15) is 0 Å². The van der Waals surface area contributed by atoms with E-state index in [0.717, 1.165) is 6.42 Å². The molecule has 0 aliphatic heterocycles. The third kappa shape index (κ3) is 3.10. The van der Waals surface area contributed by atoms with Crippen molar-refractivity contribution in [2.75, 3.05) is 5.32 Å². The van der Waals surface area contributed by atoms with Gasteiger partial charge in [-0.25, -0.2) is 0 Å². The molecule has 72 valence electrons. The van der Waals surface area contributed by atoms with E-state index in [-0.39, 0.29) is 0 Å². The summed E-state index contributed by atoms with van der Waals surface area (Å²) in [6, 6.07) is 9.07. The standard InChI is InChI=1S/C12H19N/c1-4-7-11-8-5-6-9-12(11)13-10(2)3/h5-6,8-10,13H,4,7H2,1-3H3. The topological polar surface area (TPSA) is 12.0 Å². The molecule has 0 radical (unpaired) electrons. The maximum atomic E-state index is 3.46. The summed E-state index contributed by atoms with van der Waals surface area (Å²) < 4.78 is 0. The summed E-state index contributed by atoms with van der Waals surface area (Å²) >= 11 is 0. The highest BCUT2D eigenvalue weighted by molar-refractivity contribution is 5.51. The Morgan fingerprint density at radius 2 is 1.92 bits per heavy atom. The molecule has 0 saturated heterocycles. The number of para-hydroxylation sites is 1. The van der Waals surface area contributed by atoms with Crippen molar-refractivity contribution in [3.8, 4) is 0 Å². The summed E-state index contributed by atoms with van der Waals surface area (Å²) in [5.74, 6) is 0. The second-order valence-electron chi connectivity index (χ2n) is 3.71. The Kier molecular flexibility index (Phi) is 3.81. The summed E-state index contributed by atoms with van der Waals surface area (Å²) in [5.41, 5.74) is 2.72. The number of benzene rings is 1. The summed E-state index contributed by atoms with van der Waals surface area (Å²) in [4.78, 5) is 0. The van der Waals surface area contributed by atoms with E-state index < -0.39 is 0 Å². The summed E-state index contributed by atoms with van der Waals surface area (Å²) in [6.45, 7) is 6.55. The average molecular weight is 177 g/mol. The number of rotatable bonds is 4. The molecule has 0 atom stereocenters. The molecule has 0 bridgehead atoms. The van der Waals surface area contributed by atoms with Gasteiger partial charge in [-0.3, -0.25) is 0 Å². The van der Waals surface area contributed by atoms with Crippen molar-refractivity contribution in [3.63, 3.8) is 0 Å². The van der Waals surface area contributed by atoms with Crippen molar-refractivity contribution in [3.05, 3.63) is 29.8 Å². The highest BCUT2D eigenvalue weighted by Crippen LogP contribution is 2.17. The second kappa shape index (κ2) is 4.90. The molecule has 0 saturated carbocycles. The van der Waals surface area contributed by atoms with Crippen LogP contribution in [0.2, 0.25) is 0 Å². The van der Waals surface area contributed by atoms with Gasteiger partial charge in [-0.15, -0.1) is 0 Å². The normalized spacial score (nSPS) is 10.5. The molecule has 1 aromatic carbocycles. The van der Waals surface area contributed by atoms with E-state index in [1.54, 1.807) is 0 Å². The number of hydrogen-bond donors (Lipinski definition) is 1. The van der Waals surface area contributed by atoms with Crippen molar-refractivity contribution in [2.24, 2.45) is 0 Å². The van der Waals surface area contributed by atoms with Crippen LogP contribution in [0.4, 0.5) is 5.69 Å². The fourth-order valence-corrected chi connectivity index (χ4v) is 1.46. The lowest BCUT2D eigenvalue weighted by atomic mass is 10.1. The Morgan fingerprint density at radius 1 is 1.23 bits per heavy atom. The van der Waals surface area contributed by atoms with Gasteiger partial charge in [0.15, 0.2) is 0 Å². The number of anilines is 1. The molecular weight excluding hydrogens is 158 g/mol. The zero-order chi connectivity index (χ0) is 9.68. The summed E-state index contributed by atoms with van der Waals surface area (Å²) in [7, 11) is 0. The van der Waals surface area contributed by atoms with E-state index in [0.29, 0.717) is 6.04 Å². The van der Waals surface area contributed by atoms with Gasteiger partial charge < -0.3 is 5.32 Å². The zero-order valence-electron chi connectivity index (χ0n) is 8.80. The van der Waals surface area contributed by atoms with Gasteiger partial charge in [-0.2, -0.15) is 0 Å². The molecule has 1 nitrogen and oxygen atoms in total. The van der Waals surface area contributed by atoms with Crippen LogP contribution in [0.5, 0.6) is 0 Å². The fraction of sp³-hybridized carbons (Fsp3) is 0.500. The molecule has 13 heavy (non-hydrogen) atoms. The Balaban J connectivity index is 2.78. The quantitative estimate of drug-likeness (QED) is 0.742. The minimum absolute atomic E-state index is 0.512. The smallest absolute Gasteiger partial charge is 0.0374 e. The maximum Gasteiger partial charge on any atom is 0.0374 e. The van der Waals surface area contributed by atoms with Gasteiger partial charge in [0.05, 0.1) is 0 Å². The van der Waals surface area contributed by atoms with Crippen LogP contribution in [-0.2, 0) is 6.42 Å². The number of aryl methyl sites for hydroxylation is 1. The lowest BCUT2D eigenvalue weighted by molar-refractivity contribution is 0.878. The number of nitrogens with one attached hydrogen (secondary N) is 1. The Bertz CT molecular complexity index is 253. The van der Waals surface area contributed by atoms with Crippen LogP contribution >= 0.6 is 0 Å². The largest absolute Gasteiger partial charge is 0.383 e. The highest BCUT2D eigenvalue weighted by Gasteiger charge is 2.00. The molecule has 1 rings (SSSR count). The van der Waals surface area contributed by atoms with Crippen LogP contribution in [0, 0.1) is 0 Å². The molecule has 0 heterocycles. The van der Waals surface area contributed by atoms with Crippen molar-refractivity contribution >= 4 is 5.69 Å². The predicted molar refractivity (Wildman–Crippen MR) is 59.2 cm³/mol. The van der Waals surface area contributed by atoms with Crippen LogP contribution in [0.3, 0.4) is 0 Å². The van der Waals surface area contributed by atoms with E-state index in [1.165, 1.54) is 17.7 Å². The molecule has 0 amide bonds. The van der Waals surface area contributed by atoms with Crippen molar-refractivity contribution in [2.45, 2.75) is 39.7 Å². The highest BCUT2D eigenvalue weighted by atomic mass is 14.9. The summed E-state index contributed by atoms with van der Waals surface area (Å²) in [6.07, 6.45) is 2.37. The van der Waals surface area contributed by atoms with Crippen molar-refractivity contribution < 1.29 is 0 Å². The first kappa shape index (κ1) is 10.1. The molecule has 0 aliphatic rings. The predicted octanol–water partition coefficient (Wildman–Crippen LogP) is 3.46. The van der Waals surface area contributed by atoms with Crippen molar-refractivity contribution in [1.82, 2.24) is 0 Å². The van der Waals surface area contributed by atoms with E-state index >= 15 is 0 Å². The lowest BCUT2D eigenvalue weighted by Gasteiger charge is -2.13. The van der Waals surface area contributed by atoms with Gasteiger partial charge >= 0.3 is 0 Å². The van der Waals surface area contributed by atoms with Gasteiger partial charge in [0.2, 0.25) is 0 Å². The van der Waals surface area contributed by atoms with Gasteiger partial charge in [0.25, 0.3) is 0 Å². The minimum atomic E-state index is 0.512. The first-order chi connectivity index (χ1) is 6.24. The molecule has 1 N–H and O–H groups in total. The Hall–Kier alpha value is -0.980. The SMILES string of the molecule is CCCc1ccccc1NC(C)C. The molecule has 0 fully saturated rings. The van der Waals surface area contributed by atoms with Gasteiger partial charge in [-0.1, -0.05) is 31.5 Å². The minimum Gasteiger partial charge on any atom is -0.383 e. The van der Waals surface area contributed by atoms with Crippen LogP contribution in [0.1, 0.15) is 32.8 Å². The van der Waals surface area contributed by atoms with E-state index in [4.69, 9.17) is 0 Å². The molecule has 0 aromatic heterocycles. The van der Waals surface area contributed by atoms with Crippen LogP contribution < -0.4 is 5.32 Å². The zero-order valence-corrected chi connectivity index (χ0v) is 8.80. The molecule has 0 unspecified atom stereocenters. The van der Waals surface area contributed by atoms with E-state index in [1.807, 2.05) is 0 Å². The number of hydrogen-bond acceptors (Lipinski definition) is 1. The maximum absolute atomic E-state index is 3.46. The molecule has 0 spiro atoms. The van der Waals surface area contributed by atoms with E-state index in [9.17, 15) is 0 Å². The Labute approximate surface area is 81.2 Å². The first-order valence-electron chi connectivity index (χ1n) is 5.08. The van der Waals surface area contributed by atoms with Crippen LogP contribution in [-0.4, -0.2) is 6.04 Å². The van der Waals surface area contributed by atoms with Crippen molar-refractivity contribution in [1.29, 1.82) is 0 Å². The van der Waals surface area contributed by atoms with E-state index in [2.05, 4.69) is 50.4 Å². The molecular formula is C12H19N. The summed E-state index contributed by atoms with van der Waals surface area (Å²) in [5, 5.41) is 3.46. The fourth-order valence-electron chi connectivity index (χ4n) is 1.46. The molecule has 0 aliphatic carbocycles. The van der Waals surface area contributed by atoms with Gasteiger partial charge in [-0.05, 0) is 31.9 Å². The monoisotopic (exact) mass is 177 g/mol. The average Bonchev–Trinajstić information content (AvgIpc) is 2.08. The second-order valence-corrected chi connectivity index (χ2v) is 3.71. The Morgan fingerprint density at radius 3 is 2.54 bits per heavy atom. The molecule has 1 aromatic rings. The first-order valence-corrected chi connectivity index (χ1v) is 5.08. The van der Waals surface area contributed by atoms with Crippen LogP contribution in [0.15, 0.2) is 24.3 Å². The third-order valence-corrected chi connectivity index (χ3v) is 1.98. The molecule has 1 heteroatoms. The van der Waals surface area contributed by atoms with Crippen LogP contribution in [0.25, 0.3) is 0 Å². The van der Waals surface area contributed by atoms with Gasteiger partial charge in [0, 0.05) is 11.7 Å². The lowest BCUT2D eigenvalue weighted by Crippen LogP contribution is -2.11. The third-order valence-electron chi connectivity index (χ3n) is 1.98.